The number of azo groups is 1. The molecule has 0 atom stereocenters. The van der Waals surface area contributed by atoms with Crippen molar-refractivity contribution in [2.45, 2.75) is 0 Å². The first-order chi connectivity index (χ1) is 10.3. The van der Waals surface area contributed by atoms with Gasteiger partial charge in [0.25, 0.3) is 0 Å². The Bertz CT molecular complexity index is 914. The minimum absolute atomic E-state index is 0.614. The van der Waals surface area contributed by atoms with Crippen LogP contribution < -0.4 is 5.32 Å². The second-order valence-electron chi connectivity index (χ2n) is 4.26. The van der Waals surface area contributed by atoms with E-state index in [9.17, 15) is 0 Å². The largest absolute Gasteiger partial charge is 0.356 e. The van der Waals surface area contributed by atoms with E-state index in [1.165, 1.54) is 11.3 Å². The highest BCUT2D eigenvalue weighted by Crippen LogP contribution is 2.29. The molecule has 4 aromatic rings. The zero-order chi connectivity index (χ0) is 14.2. The summed E-state index contributed by atoms with van der Waals surface area (Å²) >= 11 is 1.50. The first-order valence-corrected chi connectivity index (χ1v) is 7.04. The Morgan fingerprint density at radius 3 is 3.00 bits per heavy atom. The van der Waals surface area contributed by atoms with Crippen LogP contribution in [0.4, 0.5) is 16.8 Å². The van der Waals surface area contributed by atoms with Crippen molar-refractivity contribution in [3.8, 4) is 0 Å². The lowest BCUT2D eigenvalue weighted by molar-refractivity contribution is 0.959. The second-order valence-corrected chi connectivity index (χ2v) is 5.26. The molecule has 0 aliphatic rings. The van der Waals surface area contributed by atoms with E-state index in [2.05, 4.69) is 35.8 Å². The van der Waals surface area contributed by atoms with Crippen LogP contribution in [0.15, 0.2) is 40.7 Å². The summed E-state index contributed by atoms with van der Waals surface area (Å²) in [6.45, 7) is 0. The Labute approximate surface area is 122 Å². The third kappa shape index (κ3) is 1.94. The highest BCUT2D eigenvalue weighted by molar-refractivity contribution is 7.21. The number of hydrogen-bond donors (Lipinski definition) is 2. The molecule has 0 saturated carbocycles. The van der Waals surface area contributed by atoms with Gasteiger partial charge in [-0.2, -0.15) is 4.52 Å². The highest BCUT2D eigenvalue weighted by atomic mass is 32.1. The maximum atomic E-state index is 4.41. The van der Waals surface area contributed by atoms with Crippen LogP contribution in [0.3, 0.4) is 0 Å². The molecule has 0 aliphatic heterocycles. The summed E-state index contributed by atoms with van der Waals surface area (Å²) < 4.78 is 2.79. The third-order valence-corrected chi connectivity index (χ3v) is 3.89. The van der Waals surface area contributed by atoms with Gasteiger partial charge in [0.15, 0.2) is 0 Å². The number of anilines is 1. The fourth-order valence-corrected chi connectivity index (χ4v) is 2.78. The van der Waals surface area contributed by atoms with Gasteiger partial charge < -0.3 is 5.32 Å². The predicted octanol–water partition coefficient (Wildman–Crippen LogP) is 3.12. The monoisotopic (exact) mass is 298 g/mol. The van der Waals surface area contributed by atoms with Gasteiger partial charge in [0.2, 0.25) is 16.7 Å². The van der Waals surface area contributed by atoms with Crippen LogP contribution in [0.5, 0.6) is 0 Å². The molecule has 0 aliphatic carbocycles. The van der Waals surface area contributed by atoms with E-state index in [-0.39, 0.29) is 0 Å². The molecule has 4 rings (SSSR count). The molecule has 0 unspecified atom stereocenters. The fraction of sp³-hybridized carbons (Fsp3) is 0.0833. The van der Waals surface area contributed by atoms with E-state index in [1.54, 1.807) is 17.8 Å². The molecular weight excluding hydrogens is 288 g/mol. The van der Waals surface area contributed by atoms with Crippen LogP contribution in [0.1, 0.15) is 0 Å². The van der Waals surface area contributed by atoms with Gasteiger partial charge in [-0.05, 0) is 12.1 Å². The zero-order valence-corrected chi connectivity index (χ0v) is 11.8. The molecule has 0 saturated heterocycles. The summed E-state index contributed by atoms with van der Waals surface area (Å²) in [6, 6.07) is 7.90. The summed E-state index contributed by atoms with van der Waals surface area (Å²) in [5, 5.41) is 23.0. The Hall–Kier alpha value is -2.81. The molecule has 21 heavy (non-hydrogen) atoms. The van der Waals surface area contributed by atoms with E-state index in [0.717, 1.165) is 10.2 Å². The van der Waals surface area contributed by atoms with Gasteiger partial charge >= 0.3 is 0 Å². The summed E-state index contributed by atoms with van der Waals surface area (Å²) in [5.74, 6) is 0.617. The summed E-state index contributed by atoms with van der Waals surface area (Å²) in [4.78, 5) is 4.41. The molecule has 2 N–H and O–H groups in total. The average molecular weight is 298 g/mol. The third-order valence-electron chi connectivity index (χ3n) is 2.97. The molecule has 0 fully saturated rings. The molecule has 1 aromatic carbocycles. The van der Waals surface area contributed by atoms with Crippen molar-refractivity contribution in [2.75, 3.05) is 12.4 Å². The Morgan fingerprint density at radius 2 is 2.14 bits per heavy atom. The van der Waals surface area contributed by atoms with Crippen LogP contribution >= 0.6 is 11.3 Å². The number of fused-ring (bicyclic) bond motifs is 2. The van der Waals surface area contributed by atoms with Crippen LogP contribution in [0.2, 0.25) is 0 Å². The maximum Gasteiger partial charge on any atom is 0.244 e. The van der Waals surface area contributed by atoms with E-state index in [1.807, 2.05) is 24.3 Å². The molecule has 8 nitrogen and oxygen atoms in total. The number of aromatic amines is 1. The lowest BCUT2D eigenvalue weighted by atomic mass is 10.3. The number of nitrogens with one attached hydrogen (secondary N) is 2. The van der Waals surface area contributed by atoms with E-state index in [0.29, 0.717) is 22.4 Å². The lowest BCUT2D eigenvalue weighted by Crippen LogP contribution is -1.95. The van der Waals surface area contributed by atoms with Crippen LogP contribution in [-0.4, -0.2) is 31.8 Å². The molecule has 0 bridgehead atoms. The normalized spacial score (nSPS) is 11.9. The maximum absolute atomic E-state index is 4.41. The van der Waals surface area contributed by atoms with Crippen LogP contribution in [0, 0.1) is 0 Å². The first-order valence-electron chi connectivity index (χ1n) is 6.23. The summed E-state index contributed by atoms with van der Waals surface area (Å²) in [6.07, 6.45) is 1.72. The standard InChI is InChI=1S/C12H10N8S/c1-13-11-18-17-10-8(6-14-20(10)11)16-19-12-15-7-4-2-3-5-9(7)21-12/h2-6,14H,1H3,(H,13,18). The lowest BCUT2D eigenvalue weighted by Gasteiger charge is -1.90. The topological polar surface area (TPSA) is 95.6 Å². The van der Waals surface area contributed by atoms with Crippen molar-refractivity contribution in [1.29, 1.82) is 0 Å². The van der Waals surface area contributed by atoms with Crippen LogP contribution in [0.25, 0.3) is 15.9 Å². The number of aromatic nitrogens is 5. The Kier molecular flexibility index (Phi) is 2.64. The van der Waals surface area contributed by atoms with Crippen molar-refractivity contribution in [3.05, 3.63) is 30.5 Å². The quantitative estimate of drug-likeness (QED) is 0.568. The molecule has 104 valence electrons. The number of hydrogen-bond acceptors (Lipinski definition) is 7. The number of nitrogens with zero attached hydrogens (tertiary/aromatic N) is 6. The van der Waals surface area contributed by atoms with Gasteiger partial charge in [-0.15, -0.1) is 20.4 Å². The van der Waals surface area contributed by atoms with Crippen molar-refractivity contribution in [3.63, 3.8) is 0 Å². The summed E-state index contributed by atoms with van der Waals surface area (Å²) in [5.41, 5.74) is 2.16. The van der Waals surface area contributed by atoms with Gasteiger partial charge in [-0.3, -0.25) is 5.10 Å². The van der Waals surface area contributed by atoms with Gasteiger partial charge in [0, 0.05) is 7.05 Å². The SMILES string of the molecule is CNc1nnc2c(N=Nc3nc4ccccc4s3)c[nH]n12. The number of rotatable bonds is 3. The molecule has 3 aromatic heterocycles. The zero-order valence-electron chi connectivity index (χ0n) is 11.0. The van der Waals surface area contributed by atoms with Crippen molar-refractivity contribution in [2.24, 2.45) is 10.2 Å². The molecule has 0 spiro atoms. The van der Waals surface area contributed by atoms with Gasteiger partial charge in [-0.25, -0.2) is 4.98 Å². The van der Waals surface area contributed by atoms with Gasteiger partial charge in [0.1, 0.15) is 5.69 Å². The highest BCUT2D eigenvalue weighted by Gasteiger charge is 2.10. The second kappa shape index (κ2) is 4.63. The molecule has 3 heterocycles. The van der Waals surface area contributed by atoms with Crippen molar-refractivity contribution >= 4 is 44.0 Å². The first kappa shape index (κ1) is 12.0. The van der Waals surface area contributed by atoms with E-state index in [4.69, 9.17) is 0 Å². The average Bonchev–Trinajstić information content (AvgIpc) is 3.19. The number of para-hydroxylation sites is 1. The van der Waals surface area contributed by atoms with E-state index < -0.39 is 0 Å². The van der Waals surface area contributed by atoms with Crippen LogP contribution in [-0.2, 0) is 0 Å². The Balaban J connectivity index is 1.71. The van der Waals surface area contributed by atoms with Crippen molar-refractivity contribution < 1.29 is 0 Å². The number of H-pyrrole nitrogens is 1. The van der Waals surface area contributed by atoms with Crippen molar-refractivity contribution in [1.82, 2.24) is 24.8 Å². The predicted molar refractivity (Wildman–Crippen MR) is 80.7 cm³/mol. The molecular formula is C12H10N8S. The molecule has 0 radical (unpaired) electrons. The van der Waals surface area contributed by atoms with E-state index >= 15 is 0 Å². The fourth-order valence-electron chi connectivity index (χ4n) is 2.00. The molecule has 0 amide bonds. The molecule has 9 heteroatoms. The van der Waals surface area contributed by atoms with Gasteiger partial charge in [0.05, 0.1) is 16.4 Å². The number of benzene rings is 1. The summed E-state index contributed by atoms with van der Waals surface area (Å²) in [7, 11) is 1.78. The minimum Gasteiger partial charge on any atom is -0.356 e. The number of thiazole rings is 1. The Morgan fingerprint density at radius 1 is 1.24 bits per heavy atom. The smallest absolute Gasteiger partial charge is 0.244 e. The minimum atomic E-state index is 0.614. The van der Waals surface area contributed by atoms with Gasteiger partial charge in [-0.1, -0.05) is 23.5 Å².